The van der Waals surface area contributed by atoms with Crippen LogP contribution in [0.1, 0.15) is 26.3 Å². The Balaban J connectivity index is 1.74. The summed E-state index contributed by atoms with van der Waals surface area (Å²) >= 11 is 1.74. The Morgan fingerprint density at radius 1 is 1.41 bits per heavy atom. The Hall–Kier alpha value is -0.460. The third kappa shape index (κ3) is 5.63. The van der Waals surface area contributed by atoms with E-state index < -0.39 is 0 Å². The van der Waals surface area contributed by atoms with E-state index in [-0.39, 0.29) is 18.3 Å². The highest BCUT2D eigenvalue weighted by molar-refractivity contribution is 7.07. The van der Waals surface area contributed by atoms with Gasteiger partial charge in [0.05, 0.1) is 18.3 Å². The maximum absolute atomic E-state index is 10.4. The van der Waals surface area contributed by atoms with E-state index >= 15 is 0 Å². The van der Waals surface area contributed by atoms with Gasteiger partial charge in [0.25, 0.3) is 0 Å². The Morgan fingerprint density at radius 2 is 2.09 bits per heavy atom. The molecule has 0 spiro atoms. The summed E-state index contributed by atoms with van der Waals surface area (Å²) in [7, 11) is 2.10. The van der Waals surface area contributed by atoms with Gasteiger partial charge in [-0.15, -0.1) is 0 Å². The Labute approximate surface area is 138 Å². The van der Waals surface area contributed by atoms with E-state index in [1.165, 1.54) is 5.56 Å². The molecule has 1 saturated heterocycles. The highest BCUT2D eigenvalue weighted by atomic mass is 32.1. The molecule has 2 rings (SSSR count). The summed E-state index contributed by atoms with van der Waals surface area (Å²) in [4.78, 5) is 4.58. The van der Waals surface area contributed by atoms with Gasteiger partial charge in [0.2, 0.25) is 0 Å². The molecule has 126 valence electrons. The molecule has 0 amide bonds. The van der Waals surface area contributed by atoms with E-state index in [0.29, 0.717) is 12.6 Å². The molecule has 1 aliphatic rings. The zero-order chi connectivity index (χ0) is 16.1. The van der Waals surface area contributed by atoms with E-state index in [1.807, 2.05) is 0 Å². The fourth-order valence-electron chi connectivity index (χ4n) is 3.21. The predicted octanol–water partition coefficient (Wildman–Crippen LogP) is 2.08. The van der Waals surface area contributed by atoms with Gasteiger partial charge in [0.15, 0.2) is 0 Å². The van der Waals surface area contributed by atoms with Gasteiger partial charge in [-0.3, -0.25) is 4.90 Å². The lowest BCUT2D eigenvalue weighted by atomic mass is 10.1. The number of hydrogen-bond donors (Lipinski definition) is 1. The van der Waals surface area contributed by atoms with Gasteiger partial charge in [0, 0.05) is 32.2 Å². The molecule has 0 saturated carbocycles. The SMILES string of the molecule is CC1CN(CC(O)CN(C)C(C)Cc2ccsc2)CC(C)O1. The van der Waals surface area contributed by atoms with Crippen LogP contribution < -0.4 is 0 Å². The van der Waals surface area contributed by atoms with Gasteiger partial charge in [0.1, 0.15) is 0 Å². The number of likely N-dealkylation sites (N-methyl/N-ethyl adjacent to an activating group) is 1. The molecule has 2 heterocycles. The Kier molecular flexibility index (Phi) is 6.84. The number of ether oxygens (including phenoxy) is 1. The number of aliphatic hydroxyl groups is 1. The van der Waals surface area contributed by atoms with Gasteiger partial charge >= 0.3 is 0 Å². The van der Waals surface area contributed by atoms with Gasteiger partial charge < -0.3 is 14.7 Å². The fourth-order valence-corrected chi connectivity index (χ4v) is 3.89. The van der Waals surface area contributed by atoms with Crippen LogP contribution in [0.2, 0.25) is 0 Å². The lowest BCUT2D eigenvalue weighted by Crippen LogP contribution is -2.50. The average molecular weight is 327 g/mol. The van der Waals surface area contributed by atoms with Crippen LogP contribution >= 0.6 is 11.3 Å². The molecule has 4 unspecified atom stereocenters. The smallest absolute Gasteiger partial charge is 0.0793 e. The number of nitrogens with zero attached hydrogens (tertiary/aromatic N) is 2. The zero-order valence-corrected chi connectivity index (χ0v) is 15.1. The van der Waals surface area contributed by atoms with Crippen LogP contribution in [-0.2, 0) is 11.2 Å². The first kappa shape index (κ1) is 17.9. The van der Waals surface area contributed by atoms with Crippen molar-refractivity contribution in [3.8, 4) is 0 Å². The third-order valence-electron chi connectivity index (χ3n) is 4.33. The first-order valence-corrected chi connectivity index (χ1v) is 9.15. The summed E-state index contributed by atoms with van der Waals surface area (Å²) in [5.41, 5.74) is 1.38. The average Bonchev–Trinajstić information content (AvgIpc) is 2.89. The second-order valence-electron chi connectivity index (χ2n) is 6.75. The number of β-amino-alcohol motifs (C(OH)–C–C–N with tert-alkyl or cyclic N) is 1. The number of rotatable bonds is 7. The molecule has 4 atom stereocenters. The normalized spacial score (nSPS) is 26.3. The molecule has 1 aromatic rings. The number of thiophene rings is 1. The van der Waals surface area contributed by atoms with Crippen LogP contribution in [0.5, 0.6) is 0 Å². The van der Waals surface area contributed by atoms with Crippen LogP contribution in [0, 0.1) is 0 Å². The highest BCUT2D eigenvalue weighted by Gasteiger charge is 2.24. The van der Waals surface area contributed by atoms with Crippen molar-refractivity contribution in [2.75, 3.05) is 33.2 Å². The minimum atomic E-state index is -0.313. The first-order chi connectivity index (χ1) is 10.4. The van der Waals surface area contributed by atoms with Crippen LogP contribution in [0.3, 0.4) is 0 Å². The zero-order valence-electron chi connectivity index (χ0n) is 14.2. The van der Waals surface area contributed by atoms with Crippen molar-refractivity contribution in [3.05, 3.63) is 22.4 Å². The lowest BCUT2D eigenvalue weighted by molar-refractivity contribution is -0.0781. The topological polar surface area (TPSA) is 35.9 Å². The molecule has 5 heteroatoms. The molecule has 0 bridgehead atoms. The molecule has 0 radical (unpaired) electrons. The number of hydrogen-bond acceptors (Lipinski definition) is 5. The largest absolute Gasteiger partial charge is 0.390 e. The lowest BCUT2D eigenvalue weighted by Gasteiger charge is -2.37. The molecular formula is C17H30N2O2S. The van der Waals surface area contributed by atoms with E-state index in [1.54, 1.807) is 11.3 Å². The Bertz CT molecular complexity index is 416. The third-order valence-corrected chi connectivity index (χ3v) is 5.06. The minimum Gasteiger partial charge on any atom is -0.390 e. The van der Waals surface area contributed by atoms with Gasteiger partial charge in [-0.1, -0.05) is 0 Å². The van der Waals surface area contributed by atoms with Crippen molar-refractivity contribution in [2.24, 2.45) is 0 Å². The summed E-state index contributed by atoms with van der Waals surface area (Å²) in [5, 5.41) is 14.7. The summed E-state index contributed by atoms with van der Waals surface area (Å²) in [6, 6.07) is 2.62. The molecular weight excluding hydrogens is 296 g/mol. The van der Waals surface area contributed by atoms with Crippen LogP contribution in [0.25, 0.3) is 0 Å². The maximum Gasteiger partial charge on any atom is 0.0793 e. The van der Waals surface area contributed by atoms with Crippen molar-refractivity contribution < 1.29 is 9.84 Å². The number of aliphatic hydroxyl groups excluding tert-OH is 1. The molecule has 1 N–H and O–H groups in total. The summed E-state index contributed by atoms with van der Waals surface area (Å²) < 4.78 is 5.74. The summed E-state index contributed by atoms with van der Waals surface area (Å²) in [6.45, 7) is 9.70. The van der Waals surface area contributed by atoms with Gasteiger partial charge in [-0.2, -0.15) is 11.3 Å². The Morgan fingerprint density at radius 3 is 2.68 bits per heavy atom. The van der Waals surface area contributed by atoms with Gasteiger partial charge in [-0.05, 0) is 56.6 Å². The van der Waals surface area contributed by atoms with Crippen molar-refractivity contribution in [1.29, 1.82) is 0 Å². The van der Waals surface area contributed by atoms with Crippen LogP contribution in [-0.4, -0.2) is 72.5 Å². The van der Waals surface area contributed by atoms with Crippen molar-refractivity contribution in [2.45, 2.75) is 51.5 Å². The molecule has 0 aromatic carbocycles. The summed E-state index contributed by atoms with van der Waals surface area (Å²) in [5.74, 6) is 0. The second-order valence-corrected chi connectivity index (χ2v) is 7.53. The van der Waals surface area contributed by atoms with Crippen LogP contribution in [0.15, 0.2) is 16.8 Å². The van der Waals surface area contributed by atoms with Crippen molar-refractivity contribution in [3.63, 3.8) is 0 Å². The second kappa shape index (κ2) is 8.41. The molecule has 1 aromatic heterocycles. The maximum atomic E-state index is 10.4. The molecule has 22 heavy (non-hydrogen) atoms. The van der Waals surface area contributed by atoms with Crippen LogP contribution in [0.4, 0.5) is 0 Å². The van der Waals surface area contributed by atoms with Crippen molar-refractivity contribution >= 4 is 11.3 Å². The first-order valence-electron chi connectivity index (χ1n) is 8.21. The van der Waals surface area contributed by atoms with E-state index in [0.717, 1.165) is 26.1 Å². The molecule has 0 aliphatic carbocycles. The van der Waals surface area contributed by atoms with Crippen molar-refractivity contribution in [1.82, 2.24) is 9.80 Å². The van der Waals surface area contributed by atoms with E-state index in [4.69, 9.17) is 4.74 Å². The standard InChI is InChI=1S/C17H30N2O2S/c1-13(7-16-5-6-22-12-16)18(4)10-17(20)11-19-8-14(2)21-15(3)9-19/h5-6,12-15,17,20H,7-11H2,1-4H3. The molecule has 1 aliphatic heterocycles. The number of morpholine rings is 1. The van der Waals surface area contributed by atoms with Gasteiger partial charge in [-0.25, -0.2) is 0 Å². The minimum absolute atomic E-state index is 0.256. The molecule has 4 nitrogen and oxygen atoms in total. The fraction of sp³-hybridized carbons (Fsp3) is 0.765. The van der Waals surface area contributed by atoms with E-state index in [9.17, 15) is 5.11 Å². The highest BCUT2D eigenvalue weighted by Crippen LogP contribution is 2.13. The predicted molar refractivity (Wildman–Crippen MR) is 92.6 cm³/mol. The summed E-state index contributed by atoms with van der Waals surface area (Å²) in [6.07, 6.45) is 1.24. The monoisotopic (exact) mass is 326 g/mol. The van der Waals surface area contributed by atoms with E-state index in [2.05, 4.69) is 54.4 Å². The quantitative estimate of drug-likeness (QED) is 0.832. The molecule has 1 fully saturated rings.